The lowest BCUT2D eigenvalue weighted by Crippen LogP contribution is -2.39. The van der Waals surface area contributed by atoms with E-state index >= 15 is 0 Å². The highest BCUT2D eigenvalue weighted by Crippen LogP contribution is 2.33. The van der Waals surface area contributed by atoms with E-state index in [1.807, 2.05) is 49.9 Å². The van der Waals surface area contributed by atoms with Gasteiger partial charge in [-0.2, -0.15) is 0 Å². The van der Waals surface area contributed by atoms with Crippen molar-refractivity contribution in [2.75, 3.05) is 31.1 Å². The molecule has 162 valence electrons. The zero-order valence-corrected chi connectivity index (χ0v) is 20.5. The lowest BCUT2D eigenvalue weighted by Gasteiger charge is -2.25. The van der Waals surface area contributed by atoms with E-state index in [-0.39, 0.29) is 18.3 Å². The van der Waals surface area contributed by atoms with Crippen molar-refractivity contribution in [3.05, 3.63) is 57.6 Å². The Labute approximate surface area is 194 Å². The standard InChI is InChI=1S/C23H28ClN3OS.ClH/c1-6-26(7-2)10-11-27(22(28)19-9-8-15(3)12-16(19)4)23-25-21-17(5)13-18(24)14-20(21)29-23;/h8-9,12-14H,6-7,10-11H2,1-5H3;1H. The van der Waals surface area contributed by atoms with Crippen LogP contribution in [0.25, 0.3) is 10.2 Å². The number of rotatable bonds is 7. The Morgan fingerprint density at radius 3 is 2.37 bits per heavy atom. The minimum atomic E-state index is -0.00235. The number of hydrogen-bond donors (Lipinski definition) is 0. The molecule has 0 aliphatic rings. The molecule has 1 amide bonds. The first kappa shape index (κ1) is 24.6. The second-order valence-corrected chi connectivity index (χ2v) is 8.81. The van der Waals surface area contributed by atoms with E-state index in [9.17, 15) is 4.79 Å². The van der Waals surface area contributed by atoms with Crippen LogP contribution < -0.4 is 4.90 Å². The molecule has 0 fully saturated rings. The Balaban J connectivity index is 0.00000320. The van der Waals surface area contributed by atoms with Gasteiger partial charge in [0, 0.05) is 23.7 Å². The fourth-order valence-electron chi connectivity index (χ4n) is 3.52. The van der Waals surface area contributed by atoms with Gasteiger partial charge >= 0.3 is 0 Å². The molecule has 0 saturated heterocycles. The van der Waals surface area contributed by atoms with Gasteiger partial charge in [-0.3, -0.25) is 9.69 Å². The van der Waals surface area contributed by atoms with Crippen molar-refractivity contribution >= 4 is 56.6 Å². The molecular weight excluding hydrogens is 437 g/mol. The molecule has 3 aromatic rings. The zero-order valence-electron chi connectivity index (χ0n) is 18.2. The summed E-state index contributed by atoms with van der Waals surface area (Å²) < 4.78 is 1.01. The van der Waals surface area contributed by atoms with Gasteiger partial charge < -0.3 is 4.90 Å². The third kappa shape index (κ3) is 5.33. The summed E-state index contributed by atoms with van der Waals surface area (Å²) in [6.45, 7) is 13.6. The lowest BCUT2D eigenvalue weighted by molar-refractivity contribution is 0.0983. The predicted molar refractivity (Wildman–Crippen MR) is 132 cm³/mol. The maximum atomic E-state index is 13.5. The van der Waals surface area contributed by atoms with Crippen molar-refractivity contribution < 1.29 is 4.79 Å². The third-order valence-electron chi connectivity index (χ3n) is 5.26. The van der Waals surface area contributed by atoms with Gasteiger partial charge in [-0.1, -0.05) is 54.5 Å². The van der Waals surface area contributed by atoms with E-state index in [1.54, 1.807) is 0 Å². The fourth-order valence-corrected chi connectivity index (χ4v) is 4.97. The molecule has 0 atom stereocenters. The number of halogens is 2. The van der Waals surface area contributed by atoms with Crippen molar-refractivity contribution in [1.29, 1.82) is 0 Å². The van der Waals surface area contributed by atoms with Crippen LogP contribution in [0.2, 0.25) is 5.02 Å². The number of anilines is 1. The van der Waals surface area contributed by atoms with Crippen LogP contribution in [-0.2, 0) is 0 Å². The number of benzene rings is 2. The smallest absolute Gasteiger partial charge is 0.260 e. The van der Waals surface area contributed by atoms with Gasteiger partial charge in [0.2, 0.25) is 0 Å². The molecule has 0 unspecified atom stereocenters. The zero-order chi connectivity index (χ0) is 21.1. The van der Waals surface area contributed by atoms with Crippen LogP contribution in [-0.4, -0.2) is 42.0 Å². The average Bonchev–Trinajstić information content (AvgIpc) is 3.09. The maximum Gasteiger partial charge on any atom is 0.260 e. The Kier molecular flexibility index (Phi) is 8.68. The molecule has 0 spiro atoms. The molecule has 3 rings (SSSR count). The number of thiazole rings is 1. The number of aromatic nitrogens is 1. The first-order valence-electron chi connectivity index (χ1n) is 10.0. The molecule has 4 nitrogen and oxygen atoms in total. The van der Waals surface area contributed by atoms with E-state index in [1.165, 1.54) is 11.3 Å². The van der Waals surface area contributed by atoms with Gasteiger partial charge in [0.15, 0.2) is 5.13 Å². The lowest BCUT2D eigenvalue weighted by atomic mass is 10.0. The van der Waals surface area contributed by atoms with Crippen LogP contribution in [0.15, 0.2) is 30.3 Å². The SMILES string of the molecule is CCN(CC)CCN(C(=O)c1ccc(C)cc1C)c1nc2c(C)cc(Cl)cc2s1.Cl. The molecule has 0 aliphatic carbocycles. The van der Waals surface area contributed by atoms with Gasteiger partial charge in [0.25, 0.3) is 5.91 Å². The number of aryl methyl sites for hydroxylation is 3. The second kappa shape index (κ2) is 10.6. The topological polar surface area (TPSA) is 36.4 Å². The molecule has 1 aromatic heterocycles. The van der Waals surface area contributed by atoms with Gasteiger partial charge in [-0.15, -0.1) is 12.4 Å². The maximum absolute atomic E-state index is 13.5. The number of likely N-dealkylation sites (N-methyl/N-ethyl adjacent to an activating group) is 1. The predicted octanol–water partition coefficient (Wildman–Crippen LogP) is 6.29. The minimum Gasteiger partial charge on any atom is -0.302 e. The van der Waals surface area contributed by atoms with Crippen LogP contribution in [0, 0.1) is 20.8 Å². The molecule has 30 heavy (non-hydrogen) atoms. The molecule has 7 heteroatoms. The summed E-state index contributed by atoms with van der Waals surface area (Å²) >= 11 is 7.76. The summed E-state index contributed by atoms with van der Waals surface area (Å²) in [5.74, 6) is -0.00235. The quantitative estimate of drug-likeness (QED) is 0.411. The van der Waals surface area contributed by atoms with Gasteiger partial charge in [-0.05, 0) is 63.2 Å². The van der Waals surface area contributed by atoms with Crippen LogP contribution in [0.5, 0.6) is 0 Å². The van der Waals surface area contributed by atoms with Crippen molar-refractivity contribution in [3.63, 3.8) is 0 Å². The van der Waals surface area contributed by atoms with Crippen molar-refractivity contribution in [3.8, 4) is 0 Å². The summed E-state index contributed by atoms with van der Waals surface area (Å²) in [5, 5.41) is 1.42. The number of amides is 1. The van der Waals surface area contributed by atoms with E-state index in [0.29, 0.717) is 11.6 Å². The Bertz CT molecular complexity index is 1030. The molecule has 2 aromatic carbocycles. The monoisotopic (exact) mass is 465 g/mol. The summed E-state index contributed by atoms with van der Waals surface area (Å²) in [6.07, 6.45) is 0. The Morgan fingerprint density at radius 1 is 1.03 bits per heavy atom. The highest BCUT2D eigenvalue weighted by Gasteiger charge is 2.23. The average molecular weight is 466 g/mol. The van der Waals surface area contributed by atoms with Crippen LogP contribution in [0.1, 0.15) is 40.9 Å². The molecular formula is C23H29Cl2N3OS. The van der Waals surface area contributed by atoms with E-state index < -0.39 is 0 Å². The van der Waals surface area contributed by atoms with E-state index in [4.69, 9.17) is 16.6 Å². The number of carbonyl (C=O) groups is 1. The van der Waals surface area contributed by atoms with Gasteiger partial charge in [0.05, 0.1) is 10.2 Å². The van der Waals surface area contributed by atoms with Crippen molar-refractivity contribution in [1.82, 2.24) is 9.88 Å². The summed E-state index contributed by atoms with van der Waals surface area (Å²) in [5.41, 5.74) is 4.81. The Hall–Kier alpha value is -1.66. The highest BCUT2D eigenvalue weighted by atomic mass is 35.5. The number of carbonyl (C=O) groups excluding carboxylic acids is 1. The molecule has 0 saturated carbocycles. The number of hydrogen-bond acceptors (Lipinski definition) is 4. The minimum absolute atomic E-state index is 0. The Morgan fingerprint density at radius 2 is 1.73 bits per heavy atom. The molecule has 0 N–H and O–H groups in total. The van der Waals surface area contributed by atoms with Gasteiger partial charge in [0.1, 0.15) is 0 Å². The first-order valence-corrected chi connectivity index (χ1v) is 11.2. The first-order chi connectivity index (χ1) is 13.8. The normalized spacial score (nSPS) is 11.0. The largest absolute Gasteiger partial charge is 0.302 e. The van der Waals surface area contributed by atoms with Crippen LogP contribution in [0.4, 0.5) is 5.13 Å². The fraction of sp³-hybridized carbons (Fsp3) is 0.391. The van der Waals surface area contributed by atoms with Crippen LogP contribution in [0.3, 0.4) is 0 Å². The van der Waals surface area contributed by atoms with Gasteiger partial charge in [-0.25, -0.2) is 4.98 Å². The molecule has 1 heterocycles. The van der Waals surface area contributed by atoms with Crippen LogP contribution >= 0.6 is 35.3 Å². The summed E-state index contributed by atoms with van der Waals surface area (Å²) in [7, 11) is 0. The third-order valence-corrected chi connectivity index (χ3v) is 6.51. The second-order valence-electron chi connectivity index (χ2n) is 7.37. The van der Waals surface area contributed by atoms with E-state index in [2.05, 4.69) is 24.8 Å². The highest BCUT2D eigenvalue weighted by molar-refractivity contribution is 7.22. The number of fused-ring (bicyclic) bond motifs is 1. The molecule has 0 radical (unpaired) electrons. The van der Waals surface area contributed by atoms with Crippen molar-refractivity contribution in [2.45, 2.75) is 34.6 Å². The molecule has 0 bridgehead atoms. The van der Waals surface area contributed by atoms with E-state index in [0.717, 1.165) is 57.2 Å². The summed E-state index contributed by atoms with van der Waals surface area (Å²) in [6, 6.07) is 9.81. The summed E-state index contributed by atoms with van der Waals surface area (Å²) in [4.78, 5) is 22.5. The number of nitrogens with zero attached hydrogens (tertiary/aromatic N) is 3. The van der Waals surface area contributed by atoms with Crippen molar-refractivity contribution in [2.24, 2.45) is 0 Å². The molecule has 0 aliphatic heterocycles.